The van der Waals surface area contributed by atoms with Crippen molar-refractivity contribution in [1.29, 1.82) is 0 Å². The van der Waals surface area contributed by atoms with E-state index in [2.05, 4.69) is 72.8 Å². The first-order valence-electron chi connectivity index (χ1n) is 7.03. The number of hydrogen-bond acceptors (Lipinski definition) is 3. The average Bonchev–Trinajstić information content (AvgIpc) is 2.78. The summed E-state index contributed by atoms with van der Waals surface area (Å²) >= 11 is 0. The molecule has 0 aliphatic carbocycles. The van der Waals surface area contributed by atoms with Crippen molar-refractivity contribution < 1.29 is 4.52 Å². The number of nitrogens with zero attached hydrogens (tertiary/aromatic N) is 2. The number of hydrogen-bond donors (Lipinski definition) is 0. The number of fused-ring (bicyclic) bond motifs is 1. The highest BCUT2D eigenvalue weighted by Crippen LogP contribution is 2.50. The molecule has 3 nitrogen and oxygen atoms in total. The minimum Gasteiger partial charge on any atom is -0.323 e. The van der Waals surface area contributed by atoms with Gasteiger partial charge in [0.2, 0.25) is 0 Å². The van der Waals surface area contributed by atoms with Crippen molar-refractivity contribution in [2.45, 2.75) is 13.0 Å². The van der Waals surface area contributed by atoms with Crippen LogP contribution in [0.15, 0.2) is 42.5 Å². The third-order valence-electron chi connectivity index (χ3n) is 3.85. The minimum absolute atomic E-state index is 0.107. The summed E-state index contributed by atoms with van der Waals surface area (Å²) in [5.74, 6) is 0. The second-order valence-corrected chi connectivity index (χ2v) is 7.41. The van der Waals surface area contributed by atoms with Gasteiger partial charge in [-0.3, -0.25) is 0 Å². The maximum absolute atomic E-state index is 6.35. The van der Waals surface area contributed by atoms with Gasteiger partial charge in [0, 0.05) is 13.1 Å². The lowest BCUT2D eigenvalue weighted by Gasteiger charge is -2.27. The molecular formula is C16H21N2OP. The van der Waals surface area contributed by atoms with Gasteiger partial charge in [0.25, 0.3) is 0 Å². The predicted octanol–water partition coefficient (Wildman–Crippen LogP) is 4.02. The number of likely N-dealkylation sites (N-methyl/N-ethyl adjacent to an activating group) is 2. The maximum atomic E-state index is 6.35. The first kappa shape index (κ1) is 14.0. The van der Waals surface area contributed by atoms with Crippen LogP contribution in [0, 0.1) is 0 Å². The fourth-order valence-electron chi connectivity index (χ4n) is 2.69. The Labute approximate surface area is 122 Å². The van der Waals surface area contributed by atoms with Crippen LogP contribution in [0.25, 0.3) is 10.8 Å². The van der Waals surface area contributed by atoms with Crippen LogP contribution in [0.4, 0.5) is 0 Å². The molecule has 106 valence electrons. The Hall–Kier alpha value is -0.990. The summed E-state index contributed by atoms with van der Waals surface area (Å²) in [7, 11) is 3.67. The first-order valence-corrected chi connectivity index (χ1v) is 8.20. The third-order valence-corrected chi connectivity index (χ3v) is 5.92. The standard InChI is InChI=1S/C16H21N2OP/c1-13(19-20-17(2)11-12-18(20)3)15-10-6-8-14-7-4-5-9-16(14)15/h4-10,13H,11-12H2,1-3H3/t13-/m1/s1. The fourth-order valence-corrected chi connectivity index (χ4v) is 4.45. The van der Waals surface area contributed by atoms with Gasteiger partial charge in [-0.25, -0.2) is 9.34 Å². The predicted molar refractivity (Wildman–Crippen MR) is 85.6 cm³/mol. The zero-order valence-electron chi connectivity index (χ0n) is 12.3. The zero-order chi connectivity index (χ0) is 14.1. The van der Waals surface area contributed by atoms with E-state index in [1.54, 1.807) is 0 Å². The highest BCUT2D eigenvalue weighted by atomic mass is 31.2. The summed E-state index contributed by atoms with van der Waals surface area (Å²) < 4.78 is 11.0. The zero-order valence-corrected chi connectivity index (χ0v) is 13.2. The molecular weight excluding hydrogens is 267 g/mol. The van der Waals surface area contributed by atoms with E-state index in [0.29, 0.717) is 0 Å². The molecule has 0 amide bonds. The molecule has 20 heavy (non-hydrogen) atoms. The molecule has 0 bridgehead atoms. The largest absolute Gasteiger partial charge is 0.323 e. The van der Waals surface area contributed by atoms with E-state index in [1.807, 2.05) is 0 Å². The van der Waals surface area contributed by atoms with E-state index in [4.69, 9.17) is 4.52 Å². The molecule has 3 rings (SSSR count). The molecule has 1 atom stereocenters. The molecule has 1 saturated heterocycles. The van der Waals surface area contributed by atoms with Crippen molar-refractivity contribution in [1.82, 2.24) is 9.34 Å². The van der Waals surface area contributed by atoms with E-state index >= 15 is 0 Å². The van der Waals surface area contributed by atoms with Crippen LogP contribution in [-0.4, -0.2) is 36.5 Å². The molecule has 0 unspecified atom stereocenters. The normalized spacial score (nSPS) is 19.8. The summed E-state index contributed by atoms with van der Waals surface area (Å²) in [5, 5.41) is 2.57. The minimum atomic E-state index is -0.619. The maximum Gasteiger partial charge on any atom is 0.188 e. The second-order valence-electron chi connectivity index (χ2n) is 5.33. The lowest BCUT2D eigenvalue weighted by atomic mass is 10.0. The van der Waals surface area contributed by atoms with Crippen molar-refractivity contribution >= 4 is 19.2 Å². The van der Waals surface area contributed by atoms with Gasteiger partial charge in [0.1, 0.15) is 0 Å². The molecule has 2 aromatic rings. The van der Waals surface area contributed by atoms with Crippen LogP contribution in [-0.2, 0) is 4.52 Å². The van der Waals surface area contributed by atoms with Gasteiger partial charge < -0.3 is 4.52 Å². The highest BCUT2D eigenvalue weighted by Gasteiger charge is 2.30. The number of rotatable bonds is 3. The molecule has 0 aromatic heterocycles. The molecule has 0 spiro atoms. The molecule has 1 heterocycles. The molecule has 0 N–H and O–H groups in total. The topological polar surface area (TPSA) is 15.7 Å². The second kappa shape index (κ2) is 5.79. The van der Waals surface area contributed by atoms with Crippen LogP contribution in [0.1, 0.15) is 18.6 Å². The molecule has 1 fully saturated rings. The van der Waals surface area contributed by atoms with Crippen LogP contribution >= 0.6 is 8.45 Å². The number of benzene rings is 2. The van der Waals surface area contributed by atoms with E-state index in [1.165, 1.54) is 16.3 Å². The Morgan fingerprint density at radius 1 is 1.00 bits per heavy atom. The fraction of sp³-hybridized carbons (Fsp3) is 0.375. The summed E-state index contributed by atoms with van der Waals surface area (Å²) in [6.07, 6.45) is 0.107. The lowest BCUT2D eigenvalue weighted by molar-refractivity contribution is 0.228. The van der Waals surface area contributed by atoms with Crippen molar-refractivity contribution in [2.24, 2.45) is 0 Å². The van der Waals surface area contributed by atoms with Gasteiger partial charge in [0.15, 0.2) is 8.45 Å². The molecule has 1 aliphatic heterocycles. The Bertz CT molecular complexity index is 589. The van der Waals surface area contributed by atoms with E-state index in [-0.39, 0.29) is 6.10 Å². The monoisotopic (exact) mass is 288 g/mol. The summed E-state index contributed by atoms with van der Waals surface area (Å²) in [6.45, 7) is 4.33. The molecule has 0 saturated carbocycles. The van der Waals surface area contributed by atoms with Crippen molar-refractivity contribution in [3.63, 3.8) is 0 Å². The quantitative estimate of drug-likeness (QED) is 0.793. The average molecular weight is 288 g/mol. The van der Waals surface area contributed by atoms with Crippen LogP contribution in [0.3, 0.4) is 0 Å². The van der Waals surface area contributed by atoms with Crippen molar-refractivity contribution in [3.05, 3.63) is 48.0 Å². The van der Waals surface area contributed by atoms with Crippen LogP contribution in [0.2, 0.25) is 0 Å². The molecule has 4 heteroatoms. The molecule has 2 aromatic carbocycles. The smallest absolute Gasteiger partial charge is 0.188 e. The van der Waals surface area contributed by atoms with Gasteiger partial charge in [0.05, 0.1) is 6.10 Å². The van der Waals surface area contributed by atoms with E-state index < -0.39 is 8.45 Å². The lowest BCUT2D eigenvalue weighted by Crippen LogP contribution is -2.12. The van der Waals surface area contributed by atoms with Gasteiger partial charge in [-0.05, 0) is 37.4 Å². The molecule has 0 radical (unpaired) electrons. The Kier molecular flexibility index (Phi) is 4.04. The first-order chi connectivity index (χ1) is 9.66. The van der Waals surface area contributed by atoms with Crippen molar-refractivity contribution in [2.75, 3.05) is 27.2 Å². The van der Waals surface area contributed by atoms with Crippen LogP contribution < -0.4 is 0 Å². The van der Waals surface area contributed by atoms with E-state index in [0.717, 1.165) is 13.1 Å². The van der Waals surface area contributed by atoms with Crippen molar-refractivity contribution in [3.8, 4) is 0 Å². The van der Waals surface area contributed by atoms with Gasteiger partial charge in [-0.1, -0.05) is 42.5 Å². The van der Waals surface area contributed by atoms with Gasteiger partial charge in [-0.15, -0.1) is 0 Å². The van der Waals surface area contributed by atoms with Gasteiger partial charge in [-0.2, -0.15) is 0 Å². The van der Waals surface area contributed by atoms with Crippen LogP contribution in [0.5, 0.6) is 0 Å². The van der Waals surface area contributed by atoms with Gasteiger partial charge >= 0.3 is 0 Å². The SMILES string of the molecule is C[C@@H](OP1N(C)CCN1C)c1cccc2ccccc12. The van der Waals surface area contributed by atoms with E-state index in [9.17, 15) is 0 Å². The Balaban J connectivity index is 1.87. The summed E-state index contributed by atoms with van der Waals surface area (Å²) in [5.41, 5.74) is 1.28. The highest BCUT2D eigenvalue weighted by molar-refractivity contribution is 7.47. The third kappa shape index (κ3) is 2.59. The Morgan fingerprint density at radius 3 is 2.40 bits per heavy atom. The Morgan fingerprint density at radius 2 is 1.65 bits per heavy atom. The summed E-state index contributed by atoms with van der Waals surface area (Å²) in [4.78, 5) is 0. The molecule has 1 aliphatic rings. The summed E-state index contributed by atoms with van der Waals surface area (Å²) in [6, 6.07) is 15.0.